The van der Waals surface area contributed by atoms with Crippen LogP contribution in [0.25, 0.3) is 0 Å². The summed E-state index contributed by atoms with van der Waals surface area (Å²) < 4.78 is 6.54. The topological polar surface area (TPSA) is 70.1 Å². The van der Waals surface area contributed by atoms with Crippen LogP contribution in [0.15, 0.2) is 0 Å². The molecule has 1 aromatic rings. The molecule has 0 aliphatic carbocycles. The molecule has 0 bridgehead atoms. The van der Waals surface area contributed by atoms with E-state index in [4.69, 9.17) is 10.5 Å². The van der Waals surface area contributed by atoms with Crippen molar-refractivity contribution in [2.75, 3.05) is 12.3 Å². The number of ether oxygens (including phenoxy) is 1. The lowest BCUT2D eigenvalue weighted by Crippen LogP contribution is -2.15. The molecule has 0 unspecified atom stereocenters. The molecule has 2 N–H and O–H groups in total. The Morgan fingerprint density at radius 2 is 2.20 bits per heavy atom. The van der Waals surface area contributed by atoms with Gasteiger partial charge in [-0.2, -0.15) is 5.10 Å². The number of aryl methyl sites for hydroxylation is 2. The molecule has 0 aliphatic heterocycles. The van der Waals surface area contributed by atoms with E-state index in [-0.39, 0.29) is 0 Å². The third-order valence-electron chi connectivity index (χ3n) is 2.01. The van der Waals surface area contributed by atoms with Gasteiger partial charge in [0.25, 0.3) is 0 Å². The van der Waals surface area contributed by atoms with Gasteiger partial charge in [0.1, 0.15) is 0 Å². The lowest BCUT2D eigenvalue weighted by atomic mass is 10.2. The number of esters is 1. The number of anilines is 1. The summed E-state index contributed by atoms with van der Waals surface area (Å²) in [6.45, 7) is 6.10. The smallest absolute Gasteiger partial charge is 0.358 e. The Labute approximate surface area is 89.2 Å². The first-order chi connectivity index (χ1) is 6.93. The van der Waals surface area contributed by atoms with Crippen LogP contribution in [0.3, 0.4) is 0 Å². The van der Waals surface area contributed by atoms with Crippen LogP contribution in [-0.4, -0.2) is 22.4 Å². The molecule has 84 valence electrons. The van der Waals surface area contributed by atoms with Crippen LogP contribution >= 0.6 is 0 Å². The van der Waals surface area contributed by atoms with E-state index in [9.17, 15) is 4.79 Å². The number of hydrogen-bond acceptors (Lipinski definition) is 4. The zero-order valence-electron chi connectivity index (χ0n) is 9.57. The van der Waals surface area contributed by atoms with Gasteiger partial charge in [0.15, 0.2) is 5.69 Å². The van der Waals surface area contributed by atoms with Gasteiger partial charge in [0.05, 0.1) is 18.0 Å². The summed E-state index contributed by atoms with van der Waals surface area (Å²) in [4.78, 5) is 11.6. The van der Waals surface area contributed by atoms with Crippen molar-refractivity contribution in [3.8, 4) is 0 Å². The lowest BCUT2D eigenvalue weighted by molar-refractivity contribution is 0.0447. The Balaban J connectivity index is 2.82. The Kier molecular flexibility index (Phi) is 3.34. The van der Waals surface area contributed by atoms with Crippen molar-refractivity contribution in [2.45, 2.75) is 20.8 Å². The zero-order chi connectivity index (χ0) is 11.6. The fourth-order valence-corrected chi connectivity index (χ4v) is 1.23. The van der Waals surface area contributed by atoms with Crippen molar-refractivity contribution in [3.63, 3.8) is 0 Å². The summed E-state index contributed by atoms with van der Waals surface area (Å²) in [6, 6.07) is 0. The van der Waals surface area contributed by atoms with Crippen LogP contribution in [0.4, 0.5) is 5.69 Å². The van der Waals surface area contributed by atoms with Crippen molar-refractivity contribution < 1.29 is 9.53 Å². The van der Waals surface area contributed by atoms with E-state index in [0.717, 1.165) is 0 Å². The highest BCUT2D eigenvalue weighted by Gasteiger charge is 2.19. The van der Waals surface area contributed by atoms with E-state index in [0.29, 0.717) is 29.6 Å². The van der Waals surface area contributed by atoms with Gasteiger partial charge >= 0.3 is 5.97 Å². The minimum Gasteiger partial charge on any atom is -0.461 e. The molecule has 1 heterocycles. The van der Waals surface area contributed by atoms with Crippen LogP contribution in [0, 0.1) is 12.8 Å². The van der Waals surface area contributed by atoms with Crippen molar-refractivity contribution >= 4 is 11.7 Å². The number of hydrogen-bond donors (Lipinski definition) is 1. The molecule has 0 aromatic carbocycles. The maximum atomic E-state index is 11.6. The molecular weight excluding hydrogens is 194 g/mol. The van der Waals surface area contributed by atoms with Crippen LogP contribution in [-0.2, 0) is 11.8 Å². The van der Waals surface area contributed by atoms with Gasteiger partial charge in [0.2, 0.25) is 0 Å². The first-order valence-corrected chi connectivity index (χ1v) is 4.89. The quantitative estimate of drug-likeness (QED) is 0.761. The van der Waals surface area contributed by atoms with E-state index in [1.807, 2.05) is 13.8 Å². The van der Waals surface area contributed by atoms with E-state index >= 15 is 0 Å². The van der Waals surface area contributed by atoms with Gasteiger partial charge in [-0.3, -0.25) is 4.68 Å². The summed E-state index contributed by atoms with van der Waals surface area (Å²) in [6.07, 6.45) is 0. The summed E-state index contributed by atoms with van der Waals surface area (Å²) in [5, 5.41) is 4.05. The second kappa shape index (κ2) is 4.33. The first-order valence-electron chi connectivity index (χ1n) is 4.89. The Hall–Kier alpha value is -1.52. The molecule has 5 heteroatoms. The van der Waals surface area contributed by atoms with Gasteiger partial charge in [0, 0.05) is 7.05 Å². The minimum atomic E-state index is -0.413. The van der Waals surface area contributed by atoms with Crippen LogP contribution in [0.2, 0.25) is 0 Å². The molecule has 0 fully saturated rings. The second-order valence-corrected chi connectivity index (χ2v) is 3.96. The van der Waals surface area contributed by atoms with Crippen LogP contribution in [0.1, 0.15) is 30.0 Å². The number of nitrogens with two attached hydrogens (primary N) is 1. The number of rotatable bonds is 3. The molecular formula is C10H17N3O2. The summed E-state index contributed by atoms with van der Waals surface area (Å²) in [5.41, 5.74) is 7.10. The molecule has 5 nitrogen and oxygen atoms in total. The summed E-state index contributed by atoms with van der Waals surface area (Å²) in [7, 11) is 1.68. The fourth-order valence-electron chi connectivity index (χ4n) is 1.23. The number of carbonyl (C=O) groups excluding carboxylic acids is 1. The van der Waals surface area contributed by atoms with Crippen LogP contribution < -0.4 is 5.73 Å². The van der Waals surface area contributed by atoms with Crippen molar-refractivity contribution in [1.29, 1.82) is 0 Å². The molecule has 1 rings (SSSR count). The normalized spacial score (nSPS) is 10.7. The Bertz CT molecular complexity index is 369. The number of nitrogen functional groups attached to an aromatic ring is 1. The minimum absolute atomic E-state index is 0.310. The van der Waals surface area contributed by atoms with Crippen LogP contribution in [0.5, 0.6) is 0 Å². The third kappa shape index (κ3) is 2.49. The molecule has 0 radical (unpaired) electrons. The molecule has 0 saturated heterocycles. The van der Waals surface area contributed by atoms with Gasteiger partial charge in [-0.05, 0) is 12.8 Å². The maximum absolute atomic E-state index is 11.6. The first kappa shape index (κ1) is 11.6. The summed E-state index contributed by atoms with van der Waals surface area (Å²) >= 11 is 0. The van der Waals surface area contributed by atoms with Gasteiger partial charge in [-0.25, -0.2) is 4.79 Å². The van der Waals surface area contributed by atoms with Crippen molar-refractivity contribution in [1.82, 2.24) is 9.78 Å². The van der Waals surface area contributed by atoms with E-state index < -0.39 is 5.97 Å². The number of nitrogens with zero attached hydrogens (tertiary/aromatic N) is 2. The predicted octanol–water partition coefficient (Wildman–Crippen LogP) is 1.12. The average Bonchev–Trinajstić information content (AvgIpc) is 2.37. The molecule has 0 amide bonds. The summed E-state index contributed by atoms with van der Waals surface area (Å²) in [5.74, 6) is -0.103. The zero-order valence-corrected chi connectivity index (χ0v) is 9.57. The van der Waals surface area contributed by atoms with E-state index in [2.05, 4.69) is 5.10 Å². The van der Waals surface area contributed by atoms with Gasteiger partial charge in [-0.15, -0.1) is 0 Å². The standard InChI is InChI=1S/C10H17N3O2/c1-6(2)5-15-10(14)9-8(11)7(3)12-13(9)4/h6H,5,11H2,1-4H3. The van der Waals surface area contributed by atoms with E-state index in [1.54, 1.807) is 14.0 Å². The lowest BCUT2D eigenvalue weighted by Gasteiger charge is -2.07. The molecule has 0 saturated carbocycles. The largest absolute Gasteiger partial charge is 0.461 e. The fraction of sp³-hybridized carbons (Fsp3) is 0.600. The highest BCUT2D eigenvalue weighted by Crippen LogP contribution is 2.16. The van der Waals surface area contributed by atoms with Crippen molar-refractivity contribution in [2.24, 2.45) is 13.0 Å². The SMILES string of the molecule is Cc1nn(C)c(C(=O)OCC(C)C)c1N. The van der Waals surface area contributed by atoms with E-state index in [1.165, 1.54) is 4.68 Å². The number of aromatic nitrogens is 2. The molecule has 0 aliphatic rings. The number of carbonyl (C=O) groups is 1. The van der Waals surface area contributed by atoms with Gasteiger partial charge < -0.3 is 10.5 Å². The second-order valence-electron chi connectivity index (χ2n) is 3.96. The Morgan fingerprint density at radius 3 is 2.60 bits per heavy atom. The van der Waals surface area contributed by atoms with Gasteiger partial charge in [-0.1, -0.05) is 13.8 Å². The molecule has 1 aromatic heterocycles. The predicted molar refractivity (Wildman–Crippen MR) is 57.5 cm³/mol. The maximum Gasteiger partial charge on any atom is 0.358 e. The molecule has 0 spiro atoms. The highest BCUT2D eigenvalue weighted by molar-refractivity contribution is 5.93. The van der Waals surface area contributed by atoms with Crippen molar-refractivity contribution in [3.05, 3.63) is 11.4 Å². The monoisotopic (exact) mass is 211 g/mol. The molecule has 0 atom stereocenters. The molecule has 15 heavy (non-hydrogen) atoms. The Morgan fingerprint density at radius 1 is 1.60 bits per heavy atom. The average molecular weight is 211 g/mol. The highest BCUT2D eigenvalue weighted by atomic mass is 16.5. The third-order valence-corrected chi connectivity index (χ3v) is 2.01.